The predicted molar refractivity (Wildman–Crippen MR) is 54.5 cm³/mol. The molecule has 0 aliphatic carbocycles. The SMILES string of the molecule is CC(C)(O)c1cccc(CN=[N+]=[N-])c1. The average molecular weight is 191 g/mol. The van der Waals surface area contributed by atoms with Crippen LogP contribution in [-0.2, 0) is 12.1 Å². The van der Waals surface area contributed by atoms with Gasteiger partial charge in [-0.2, -0.15) is 0 Å². The summed E-state index contributed by atoms with van der Waals surface area (Å²) in [5.74, 6) is 0. The maximum absolute atomic E-state index is 9.74. The molecule has 74 valence electrons. The van der Waals surface area contributed by atoms with Gasteiger partial charge < -0.3 is 5.11 Å². The first-order valence-electron chi connectivity index (χ1n) is 4.36. The maximum Gasteiger partial charge on any atom is 0.0840 e. The highest BCUT2D eigenvalue weighted by Crippen LogP contribution is 2.20. The highest BCUT2D eigenvalue weighted by molar-refractivity contribution is 5.27. The fraction of sp³-hybridized carbons (Fsp3) is 0.400. The second-order valence-corrected chi connectivity index (χ2v) is 3.65. The summed E-state index contributed by atoms with van der Waals surface area (Å²) in [6.45, 7) is 3.76. The molecule has 0 amide bonds. The van der Waals surface area contributed by atoms with E-state index in [1.165, 1.54) is 0 Å². The number of aliphatic hydroxyl groups is 1. The van der Waals surface area contributed by atoms with Crippen LogP contribution in [0.15, 0.2) is 29.4 Å². The lowest BCUT2D eigenvalue weighted by atomic mass is 9.97. The van der Waals surface area contributed by atoms with Gasteiger partial charge in [-0.05, 0) is 30.5 Å². The molecule has 1 rings (SSSR count). The fourth-order valence-electron chi connectivity index (χ4n) is 1.16. The van der Waals surface area contributed by atoms with Crippen LogP contribution in [0.25, 0.3) is 10.4 Å². The molecule has 0 atom stereocenters. The molecule has 0 heterocycles. The smallest absolute Gasteiger partial charge is 0.0840 e. The lowest BCUT2D eigenvalue weighted by molar-refractivity contribution is 0.0785. The third kappa shape index (κ3) is 2.76. The zero-order valence-electron chi connectivity index (χ0n) is 8.31. The largest absolute Gasteiger partial charge is 0.386 e. The zero-order valence-corrected chi connectivity index (χ0v) is 8.31. The Labute approximate surface area is 82.8 Å². The first kappa shape index (κ1) is 10.6. The number of azide groups is 1. The van der Waals surface area contributed by atoms with Crippen LogP contribution in [0.3, 0.4) is 0 Å². The Morgan fingerprint density at radius 1 is 1.50 bits per heavy atom. The van der Waals surface area contributed by atoms with Crippen molar-refractivity contribution in [3.8, 4) is 0 Å². The van der Waals surface area contributed by atoms with E-state index in [0.717, 1.165) is 11.1 Å². The van der Waals surface area contributed by atoms with Crippen molar-refractivity contribution in [3.63, 3.8) is 0 Å². The second kappa shape index (κ2) is 4.13. The van der Waals surface area contributed by atoms with Crippen LogP contribution in [-0.4, -0.2) is 5.11 Å². The third-order valence-electron chi connectivity index (χ3n) is 1.95. The molecular weight excluding hydrogens is 178 g/mol. The summed E-state index contributed by atoms with van der Waals surface area (Å²) >= 11 is 0. The Hall–Kier alpha value is -1.51. The van der Waals surface area contributed by atoms with Crippen molar-refractivity contribution >= 4 is 0 Å². The van der Waals surface area contributed by atoms with E-state index in [2.05, 4.69) is 10.0 Å². The summed E-state index contributed by atoms with van der Waals surface area (Å²) in [7, 11) is 0. The van der Waals surface area contributed by atoms with Gasteiger partial charge >= 0.3 is 0 Å². The number of nitrogens with zero attached hydrogens (tertiary/aromatic N) is 3. The van der Waals surface area contributed by atoms with Crippen molar-refractivity contribution < 1.29 is 5.11 Å². The highest BCUT2D eigenvalue weighted by Gasteiger charge is 2.15. The van der Waals surface area contributed by atoms with Crippen molar-refractivity contribution in [2.75, 3.05) is 0 Å². The highest BCUT2D eigenvalue weighted by atomic mass is 16.3. The molecule has 0 spiro atoms. The van der Waals surface area contributed by atoms with E-state index in [1.807, 2.05) is 24.3 Å². The topological polar surface area (TPSA) is 69.0 Å². The van der Waals surface area contributed by atoms with Crippen LogP contribution in [0.4, 0.5) is 0 Å². The molecule has 0 bridgehead atoms. The normalized spacial score (nSPS) is 10.8. The molecule has 1 N–H and O–H groups in total. The summed E-state index contributed by atoms with van der Waals surface area (Å²) in [4.78, 5) is 2.69. The summed E-state index contributed by atoms with van der Waals surface area (Å²) in [5.41, 5.74) is 9.04. The minimum atomic E-state index is -0.855. The molecule has 0 saturated heterocycles. The Morgan fingerprint density at radius 3 is 2.79 bits per heavy atom. The maximum atomic E-state index is 9.74. The van der Waals surface area contributed by atoms with Crippen molar-refractivity contribution in [1.29, 1.82) is 0 Å². The molecule has 0 unspecified atom stereocenters. The van der Waals surface area contributed by atoms with Gasteiger partial charge in [0.15, 0.2) is 0 Å². The van der Waals surface area contributed by atoms with Gasteiger partial charge in [0.25, 0.3) is 0 Å². The fourth-order valence-corrected chi connectivity index (χ4v) is 1.16. The number of hydrogen-bond donors (Lipinski definition) is 1. The molecule has 4 heteroatoms. The van der Waals surface area contributed by atoms with E-state index in [4.69, 9.17) is 5.53 Å². The van der Waals surface area contributed by atoms with E-state index in [-0.39, 0.29) is 0 Å². The van der Waals surface area contributed by atoms with Crippen LogP contribution in [0.2, 0.25) is 0 Å². The van der Waals surface area contributed by atoms with E-state index < -0.39 is 5.60 Å². The van der Waals surface area contributed by atoms with Crippen LogP contribution < -0.4 is 0 Å². The van der Waals surface area contributed by atoms with Gasteiger partial charge in [-0.25, -0.2) is 0 Å². The Balaban J connectivity index is 2.95. The van der Waals surface area contributed by atoms with E-state index in [9.17, 15) is 5.11 Å². The number of rotatable bonds is 3. The Morgan fingerprint density at radius 2 is 2.21 bits per heavy atom. The lowest BCUT2D eigenvalue weighted by Crippen LogP contribution is -2.15. The van der Waals surface area contributed by atoms with Gasteiger partial charge in [-0.15, -0.1) is 0 Å². The molecule has 0 aliphatic heterocycles. The van der Waals surface area contributed by atoms with Crippen LogP contribution >= 0.6 is 0 Å². The van der Waals surface area contributed by atoms with Gasteiger partial charge in [0, 0.05) is 4.91 Å². The third-order valence-corrected chi connectivity index (χ3v) is 1.95. The van der Waals surface area contributed by atoms with E-state index in [1.54, 1.807) is 13.8 Å². The van der Waals surface area contributed by atoms with Crippen LogP contribution in [0.5, 0.6) is 0 Å². The van der Waals surface area contributed by atoms with Gasteiger partial charge in [0.05, 0.1) is 12.1 Å². The minimum Gasteiger partial charge on any atom is -0.386 e. The van der Waals surface area contributed by atoms with Crippen molar-refractivity contribution in [2.45, 2.75) is 26.0 Å². The monoisotopic (exact) mass is 191 g/mol. The standard InChI is InChI=1S/C10H13N3O/c1-10(2,14)9-5-3-4-8(6-9)7-12-13-11/h3-6,14H,7H2,1-2H3. The molecule has 14 heavy (non-hydrogen) atoms. The Kier molecular flexibility index (Phi) is 3.12. The Bertz CT molecular complexity index is 362. The molecular formula is C10H13N3O. The molecule has 1 aromatic carbocycles. The number of benzene rings is 1. The summed E-state index contributed by atoms with van der Waals surface area (Å²) in [6.07, 6.45) is 0. The lowest BCUT2D eigenvalue weighted by Gasteiger charge is -2.18. The summed E-state index contributed by atoms with van der Waals surface area (Å²) in [5, 5.41) is 13.2. The van der Waals surface area contributed by atoms with Gasteiger partial charge in [-0.3, -0.25) is 0 Å². The van der Waals surface area contributed by atoms with Gasteiger partial charge in [0.2, 0.25) is 0 Å². The van der Waals surface area contributed by atoms with Crippen LogP contribution in [0.1, 0.15) is 25.0 Å². The summed E-state index contributed by atoms with van der Waals surface area (Å²) in [6, 6.07) is 7.40. The molecule has 0 saturated carbocycles. The number of hydrogen-bond acceptors (Lipinski definition) is 2. The first-order chi connectivity index (χ1) is 6.54. The van der Waals surface area contributed by atoms with Crippen molar-refractivity contribution in [1.82, 2.24) is 0 Å². The molecule has 1 aromatic rings. The first-order valence-corrected chi connectivity index (χ1v) is 4.36. The average Bonchev–Trinajstić information content (AvgIpc) is 2.14. The van der Waals surface area contributed by atoms with E-state index in [0.29, 0.717) is 6.54 Å². The van der Waals surface area contributed by atoms with Crippen LogP contribution in [0, 0.1) is 0 Å². The zero-order chi connectivity index (χ0) is 10.6. The molecule has 0 aliphatic rings. The van der Waals surface area contributed by atoms with Crippen molar-refractivity contribution in [2.24, 2.45) is 5.11 Å². The summed E-state index contributed by atoms with van der Waals surface area (Å²) < 4.78 is 0. The minimum absolute atomic E-state index is 0.320. The van der Waals surface area contributed by atoms with Crippen molar-refractivity contribution in [3.05, 3.63) is 45.8 Å². The second-order valence-electron chi connectivity index (χ2n) is 3.65. The quantitative estimate of drug-likeness (QED) is 0.445. The van der Waals surface area contributed by atoms with E-state index >= 15 is 0 Å². The van der Waals surface area contributed by atoms with Gasteiger partial charge in [0.1, 0.15) is 0 Å². The molecule has 0 aromatic heterocycles. The molecule has 4 nitrogen and oxygen atoms in total. The molecule has 0 radical (unpaired) electrons. The molecule has 0 fully saturated rings. The predicted octanol–water partition coefficient (Wildman–Crippen LogP) is 2.72. The van der Waals surface area contributed by atoms with Gasteiger partial charge in [-0.1, -0.05) is 29.4 Å².